The van der Waals surface area contributed by atoms with Gasteiger partial charge in [-0.2, -0.15) is 0 Å². The smallest absolute Gasteiger partial charge is 0.0834 e. The third-order valence-electron chi connectivity index (χ3n) is 4.92. The van der Waals surface area contributed by atoms with Gasteiger partial charge in [-0.1, -0.05) is 24.7 Å². The number of morpholine rings is 1. The SMILES string of the molecule is S=C1Nc2cc(N3CCOCC3)ccc2C2CCCC12. The summed E-state index contributed by atoms with van der Waals surface area (Å²) in [6.07, 6.45) is 3.85. The van der Waals surface area contributed by atoms with Gasteiger partial charge in [-0.25, -0.2) is 0 Å². The summed E-state index contributed by atoms with van der Waals surface area (Å²) in [7, 11) is 0. The summed E-state index contributed by atoms with van der Waals surface area (Å²) in [5.74, 6) is 1.23. The van der Waals surface area contributed by atoms with Crippen molar-refractivity contribution in [2.24, 2.45) is 5.92 Å². The van der Waals surface area contributed by atoms with Crippen LogP contribution in [0.3, 0.4) is 0 Å². The number of fused-ring (bicyclic) bond motifs is 3. The molecule has 0 amide bonds. The van der Waals surface area contributed by atoms with Crippen LogP contribution < -0.4 is 10.2 Å². The molecule has 0 aromatic heterocycles. The number of anilines is 2. The topological polar surface area (TPSA) is 24.5 Å². The predicted octanol–water partition coefficient (Wildman–Crippen LogP) is 3.16. The quantitative estimate of drug-likeness (QED) is 0.802. The van der Waals surface area contributed by atoms with Gasteiger partial charge in [0.05, 0.1) is 18.2 Å². The number of hydrogen-bond acceptors (Lipinski definition) is 3. The fourth-order valence-corrected chi connectivity index (χ4v) is 4.26. The first-order valence-electron chi connectivity index (χ1n) is 7.60. The molecule has 0 spiro atoms. The minimum atomic E-state index is 0.576. The molecule has 20 heavy (non-hydrogen) atoms. The first-order chi connectivity index (χ1) is 9.83. The minimum Gasteiger partial charge on any atom is -0.378 e. The van der Waals surface area contributed by atoms with E-state index in [-0.39, 0.29) is 0 Å². The highest BCUT2D eigenvalue weighted by molar-refractivity contribution is 7.80. The molecule has 1 saturated heterocycles. The van der Waals surface area contributed by atoms with Crippen molar-refractivity contribution in [3.63, 3.8) is 0 Å². The van der Waals surface area contributed by atoms with Gasteiger partial charge in [0, 0.05) is 30.4 Å². The highest BCUT2D eigenvalue weighted by Gasteiger charge is 2.36. The zero-order valence-electron chi connectivity index (χ0n) is 11.6. The largest absolute Gasteiger partial charge is 0.378 e. The van der Waals surface area contributed by atoms with E-state index in [1.165, 1.54) is 36.2 Å². The van der Waals surface area contributed by atoms with Crippen LogP contribution in [-0.4, -0.2) is 31.3 Å². The fraction of sp³-hybridized carbons (Fsp3) is 0.562. The average Bonchev–Trinajstić information content (AvgIpc) is 2.98. The zero-order valence-corrected chi connectivity index (χ0v) is 12.4. The molecular formula is C16H20N2OS. The number of hydrogen-bond donors (Lipinski definition) is 1. The van der Waals surface area contributed by atoms with Crippen molar-refractivity contribution in [2.75, 3.05) is 36.5 Å². The fourth-order valence-electron chi connectivity index (χ4n) is 3.87. The highest BCUT2D eigenvalue weighted by atomic mass is 32.1. The molecule has 1 saturated carbocycles. The molecule has 0 bridgehead atoms. The summed E-state index contributed by atoms with van der Waals surface area (Å²) >= 11 is 5.57. The van der Waals surface area contributed by atoms with Gasteiger partial charge in [0.25, 0.3) is 0 Å². The lowest BCUT2D eigenvalue weighted by atomic mass is 9.84. The zero-order chi connectivity index (χ0) is 13.5. The van der Waals surface area contributed by atoms with E-state index in [9.17, 15) is 0 Å². The maximum Gasteiger partial charge on any atom is 0.0834 e. The van der Waals surface area contributed by atoms with Gasteiger partial charge in [0.15, 0.2) is 0 Å². The van der Waals surface area contributed by atoms with E-state index in [1.54, 1.807) is 0 Å². The molecule has 1 N–H and O–H groups in total. The number of rotatable bonds is 1. The molecule has 1 aliphatic carbocycles. The summed E-state index contributed by atoms with van der Waals surface area (Å²) in [6.45, 7) is 3.62. The Morgan fingerprint density at radius 1 is 1.15 bits per heavy atom. The Morgan fingerprint density at radius 2 is 1.95 bits per heavy atom. The summed E-state index contributed by atoms with van der Waals surface area (Å²) in [6, 6.07) is 6.87. The average molecular weight is 288 g/mol. The molecule has 2 fully saturated rings. The van der Waals surface area contributed by atoms with Crippen LogP contribution in [0.15, 0.2) is 18.2 Å². The monoisotopic (exact) mass is 288 g/mol. The molecule has 1 aromatic rings. The van der Waals surface area contributed by atoms with Crippen LogP contribution in [-0.2, 0) is 4.74 Å². The number of thiocarbonyl (C=S) groups is 1. The Morgan fingerprint density at radius 3 is 2.80 bits per heavy atom. The van der Waals surface area contributed by atoms with Gasteiger partial charge in [-0.3, -0.25) is 0 Å². The molecule has 2 unspecified atom stereocenters. The van der Waals surface area contributed by atoms with Gasteiger partial charge in [-0.05, 0) is 36.5 Å². The number of ether oxygens (including phenoxy) is 1. The molecule has 1 aromatic carbocycles. The predicted molar refractivity (Wildman–Crippen MR) is 85.8 cm³/mol. The molecule has 0 radical (unpaired) electrons. The highest BCUT2D eigenvalue weighted by Crippen LogP contribution is 2.47. The van der Waals surface area contributed by atoms with E-state index >= 15 is 0 Å². The molecule has 2 atom stereocenters. The second kappa shape index (κ2) is 5.01. The van der Waals surface area contributed by atoms with Crippen LogP contribution in [0.2, 0.25) is 0 Å². The Hall–Kier alpha value is -1.13. The van der Waals surface area contributed by atoms with Gasteiger partial charge in [0.1, 0.15) is 0 Å². The van der Waals surface area contributed by atoms with E-state index < -0.39 is 0 Å². The van der Waals surface area contributed by atoms with Gasteiger partial charge < -0.3 is 15.0 Å². The Labute approximate surface area is 125 Å². The maximum atomic E-state index is 5.57. The van der Waals surface area contributed by atoms with Gasteiger partial charge >= 0.3 is 0 Å². The molecule has 2 aliphatic heterocycles. The van der Waals surface area contributed by atoms with Crippen molar-refractivity contribution >= 4 is 28.6 Å². The normalized spacial score (nSPS) is 28.8. The second-order valence-corrected chi connectivity index (χ2v) is 6.44. The van der Waals surface area contributed by atoms with Crippen LogP contribution in [0.4, 0.5) is 11.4 Å². The number of nitrogens with one attached hydrogen (secondary N) is 1. The standard InChI is InChI=1S/C16H20N2OS/c20-16-14-3-1-2-12(14)13-5-4-11(10-15(13)17-16)18-6-8-19-9-7-18/h4-5,10,12,14H,1-3,6-9H2,(H,17,20). The van der Waals surface area contributed by atoms with Crippen molar-refractivity contribution in [3.05, 3.63) is 23.8 Å². The summed E-state index contributed by atoms with van der Waals surface area (Å²) in [4.78, 5) is 3.45. The lowest BCUT2D eigenvalue weighted by Gasteiger charge is -2.33. The van der Waals surface area contributed by atoms with Crippen LogP contribution in [0.5, 0.6) is 0 Å². The molecule has 106 valence electrons. The van der Waals surface area contributed by atoms with Gasteiger partial charge in [0.2, 0.25) is 0 Å². The Kier molecular flexibility index (Phi) is 3.15. The third kappa shape index (κ3) is 2.02. The summed E-state index contributed by atoms with van der Waals surface area (Å²) < 4.78 is 5.43. The molecular weight excluding hydrogens is 268 g/mol. The van der Waals surface area contributed by atoms with E-state index in [0.29, 0.717) is 11.8 Å². The molecule has 3 nitrogen and oxygen atoms in total. The lowest BCUT2D eigenvalue weighted by Crippen LogP contribution is -2.36. The number of nitrogens with zero attached hydrogens (tertiary/aromatic N) is 1. The van der Waals surface area contributed by atoms with Crippen molar-refractivity contribution in [1.29, 1.82) is 0 Å². The van der Waals surface area contributed by atoms with Crippen LogP contribution in [0.1, 0.15) is 30.7 Å². The van der Waals surface area contributed by atoms with Crippen LogP contribution in [0.25, 0.3) is 0 Å². The van der Waals surface area contributed by atoms with E-state index in [0.717, 1.165) is 31.3 Å². The van der Waals surface area contributed by atoms with Gasteiger partial charge in [-0.15, -0.1) is 0 Å². The third-order valence-corrected chi connectivity index (χ3v) is 5.33. The summed E-state index contributed by atoms with van der Waals surface area (Å²) in [5.41, 5.74) is 4.00. The minimum absolute atomic E-state index is 0.576. The van der Waals surface area contributed by atoms with Crippen molar-refractivity contribution in [1.82, 2.24) is 0 Å². The lowest BCUT2D eigenvalue weighted by molar-refractivity contribution is 0.122. The van der Waals surface area contributed by atoms with Crippen molar-refractivity contribution in [2.45, 2.75) is 25.2 Å². The number of benzene rings is 1. The maximum absolute atomic E-state index is 5.57. The first-order valence-corrected chi connectivity index (χ1v) is 8.01. The summed E-state index contributed by atoms with van der Waals surface area (Å²) in [5, 5.41) is 3.48. The molecule has 2 heterocycles. The van der Waals surface area contributed by atoms with Crippen molar-refractivity contribution in [3.8, 4) is 0 Å². The van der Waals surface area contributed by atoms with Crippen LogP contribution in [0, 0.1) is 5.92 Å². The molecule has 3 aliphatic rings. The van der Waals surface area contributed by atoms with E-state index in [2.05, 4.69) is 28.4 Å². The molecule has 4 rings (SSSR count). The van der Waals surface area contributed by atoms with E-state index in [4.69, 9.17) is 17.0 Å². The molecule has 4 heteroatoms. The second-order valence-electron chi connectivity index (χ2n) is 6.00. The van der Waals surface area contributed by atoms with Crippen molar-refractivity contribution < 1.29 is 4.74 Å². The van der Waals surface area contributed by atoms with Crippen LogP contribution >= 0.6 is 12.2 Å². The Balaban J connectivity index is 1.67. The first kappa shape index (κ1) is 12.6. The van der Waals surface area contributed by atoms with E-state index in [1.807, 2.05) is 0 Å². The Bertz CT molecular complexity index is 539.